The number of likely N-dealkylation sites (N-methyl/N-ethyl adjacent to an activating group) is 1. The van der Waals surface area contributed by atoms with Gasteiger partial charge in [0.1, 0.15) is 0 Å². The van der Waals surface area contributed by atoms with Crippen LogP contribution in [0, 0.1) is 6.92 Å². The summed E-state index contributed by atoms with van der Waals surface area (Å²) >= 11 is 5.20. The van der Waals surface area contributed by atoms with E-state index in [4.69, 9.17) is 0 Å². The van der Waals surface area contributed by atoms with Gasteiger partial charge in [0.05, 0.1) is 10.7 Å². The number of nitrogens with one attached hydrogen (secondary N) is 1. The van der Waals surface area contributed by atoms with Gasteiger partial charge in [0.25, 0.3) is 0 Å². The molecule has 0 bridgehead atoms. The van der Waals surface area contributed by atoms with Gasteiger partial charge in [0.15, 0.2) is 0 Å². The van der Waals surface area contributed by atoms with Crippen LogP contribution in [0.5, 0.6) is 0 Å². The second-order valence-electron chi connectivity index (χ2n) is 4.65. The SMILES string of the molecule is CCNC(Cc1ccc(Br)cc1)Cc1csc(C)n1. The summed E-state index contributed by atoms with van der Waals surface area (Å²) in [4.78, 5) is 4.56. The van der Waals surface area contributed by atoms with Crippen molar-refractivity contribution in [3.05, 3.63) is 50.4 Å². The Morgan fingerprint density at radius 1 is 1.26 bits per heavy atom. The summed E-state index contributed by atoms with van der Waals surface area (Å²) in [6.07, 6.45) is 2.03. The van der Waals surface area contributed by atoms with Gasteiger partial charge in [0, 0.05) is 22.3 Å². The van der Waals surface area contributed by atoms with E-state index in [9.17, 15) is 0 Å². The highest BCUT2D eigenvalue weighted by Gasteiger charge is 2.11. The van der Waals surface area contributed by atoms with Crippen molar-refractivity contribution in [1.29, 1.82) is 0 Å². The Labute approximate surface area is 127 Å². The lowest BCUT2D eigenvalue weighted by Gasteiger charge is -2.17. The summed E-state index contributed by atoms with van der Waals surface area (Å²) in [5.74, 6) is 0. The fourth-order valence-electron chi connectivity index (χ4n) is 2.16. The molecule has 1 unspecified atom stereocenters. The Morgan fingerprint density at radius 2 is 2.00 bits per heavy atom. The fourth-order valence-corrected chi connectivity index (χ4v) is 3.05. The number of thiazole rings is 1. The third-order valence-corrected chi connectivity index (χ3v) is 4.36. The summed E-state index contributed by atoms with van der Waals surface area (Å²) in [7, 11) is 0. The maximum absolute atomic E-state index is 4.56. The van der Waals surface area contributed by atoms with Crippen molar-refractivity contribution in [2.45, 2.75) is 32.7 Å². The van der Waals surface area contributed by atoms with E-state index in [1.165, 1.54) is 11.3 Å². The quantitative estimate of drug-likeness (QED) is 0.861. The largest absolute Gasteiger partial charge is 0.314 e. The molecule has 2 nitrogen and oxygen atoms in total. The van der Waals surface area contributed by atoms with Crippen LogP contribution in [0.1, 0.15) is 23.2 Å². The van der Waals surface area contributed by atoms with E-state index >= 15 is 0 Å². The lowest BCUT2D eigenvalue weighted by atomic mass is 10.0. The number of rotatable bonds is 6. The lowest BCUT2D eigenvalue weighted by molar-refractivity contribution is 0.517. The molecular formula is C15H19BrN2S. The molecule has 1 aromatic carbocycles. The monoisotopic (exact) mass is 338 g/mol. The van der Waals surface area contributed by atoms with Gasteiger partial charge in [-0.1, -0.05) is 35.0 Å². The highest BCUT2D eigenvalue weighted by atomic mass is 79.9. The molecule has 19 heavy (non-hydrogen) atoms. The van der Waals surface area contributed by atoms with Gasteiger partial charge in [-0.2, -0.15) is 0 Å². The Hall–Kier alpha value is -0.710. The number of aryl methyl sites for hydroxylation is 1. The molecule has 0 amide bonds. The van der Waals surface area contributed by atoms with Crippen LogP contribution in [-0.2, 0) is 12.8 Å². The molecule has 1 aromatic heterocycles. The van der Waals surface area contributed by atoms with E-state index < -0.39 is 0 Å². The summed E-state index contributed by atoms with van der Waals surface area (Å²) in [5.41, 5.74) is 2.56. The van der Waals surface area contributed by atoms with Crippen LogP contribution in [0.4, 0.5) is 0 Å². The van der Waals surface area contributed by atoms with E-state index in [1.807, 2.05) is 0 Å². The van der Waals surface area contributed by atoms with E-state index in [0.717, 1.165) is 28.9 Å². The second-order valence-corrected chi connectivity index (χ2v) is 6.63. The standard InChI is InChI=1S/C15H19BrN2S/c1-3-17-14(9-15-10-19-11(2)18-15)8-12-4-6-13(16)7-5-12/h4-7,10,14,17H,3,8-9H2,1-2H3. The normalized spacial score (nSPS) is 12.6. The van der Waals surface area contributed by atoms with Gasteiger partial charge in [-0.15, -0.1) is 11.3 Å². The maximum atomic E-state index is 4.56. The summed E-state index contributed by atoms with van der Waals surface area (Å²) in [6, 6.07) is 9.02. The smallest absolute Gasteiger partial charge is 0.0897 e. The van der Waals surface area contributed by atoms with Crippen molar-refractivity contribution in [3.8, 4) is 0 Å². The summed E-state index contributed by atoms with van der Waals surface area (Å²) in [6.45, 7) is 5.20. The topological polar surface area (TPSA) is 24.9 Å². The van der Waals surface area contributed by atoms with Gasteiger partial charge < -0.3 is 5.32 Å². The van der Waals surface area contributed by atoms with Gasteiger partial charge in [0.2, 0.25) is 0 Å². The maximum Gasteiger partial charge on any atom is 0.0897 e. The van der Waals surface area contributed by atoms with Crippen molar-refractivity contribution < 1.29 is 0 Å². The van der Waals surface area contributed by atoms with Crippen LogP contribution in [0.15, 0.2) is 34.1 Å². The summed E-state index contributed by atoms with van der Waals surface area (Å²) < 4.78 is 1.13. The number of aromatic nitrogens is 1. The predicted octanol–water partition coefficient (Wildman–Crippen LogP) is 3.98. The zero-order valence-electron chi connectivity index (χ0n) is 11.3. The van der Waals surface area contributed by atoms with Crippen molar-refractivity contribution in [2.24, 2.45) is 0 Å². The fraction of sp³-hybridized carbons (Fsp3) is 0.400. The number of halogens is 1. The lowest BCUT2D eigenvalue weighted by Crippen LogP contribution is -2.33. The first-order valence-electron chi connectivity index (χ1n) is 6.56. The molecule has 0 spiro atoms. The van der Waals surface area contributed by atoms with Crippen molar-refractivity contribution in [3.63, 3.8) is 0 Å². The van der Waals surface area contributed by atoms with Gasteiger partial charge in [-0.25, -0.2) is 4.98 Å². The molecule has 2 aromatic rings. The van der Waals surface area contributed by atoms with Crippen molar-refractivity contribution >= 4 is 27.3 Å². The molecule has 102 valence electrons. The zero-order valence-corrected chi connectivity index (χ0v) is 13.7. The molecule has 1 heterocycles. The highest BCUT2D eigenvalue weighted by molar-refractivity contribution is 9.10. The molecule has 0 fully saturated rings. The first-order chi connectivity index (χ1) is 9.17. The minimum absolute atomic E-state index is 0.452. The number of benzene rings is 1. The zero-order chi connectivity index (χ0) is 13.7. The molecule has 1 atom stereocenters. The second kappa shape index (κ2) is 7.17. The van der Waals surface area contributed by atoms with Crippen LogP contribution in [0.2, 0.25) is 0 Å². The van der Waals surface area contributed by atoms with Crippen molar-refractivity contribution in [1.82, 2.24) is 10.3 Å². The van der Waals surface area contributed by atoms with E-state index in [2.05, 4.69) is 69.7 Å². The van der Waals surface area contributed by atoms with Crippen LogP contribution in [0.3, 0.4) is 0 Å². The van der Waals surface area contributed by atoms with E-state index in [-0.39, 0.29) is 0 Å². The number of hydrogen-bond acceptors (Lipinski definition) is 3. The molecule has 0 saturated carbocycles. The molecule has 1 N–H and O–H groups in total. The van der Waals surface area contributed by atoms with Crippen molar-refractivity contribution in [2.75, 3.05) is 6.54 Å². The molecule has 0 aliphatic carbocycles. The van der Waals surface area contributed by atoms with Gasteiger partial charge in [-0.3, -0.25) is 0 Å². The molecular weight excluding hydrogens is 320 g/mol. The predicted molar refractivity (Wildman–Crippen MR) is 85.9 cm³/mol. The third kappa shape index (κ3) is 4.71. The number of nitrogens with zero attached hydrogens (tertiary/aromatic N) is 1. The molecule has 0 saturated heterocycles. The Kier molecular flexibility index (Phi) is 5.55. The van der Waals surface area contributed by atoms with Gasteiger partial charge >= 0.3 is 0 Å². The van der Waals surface area contributed by atoms with Gasteiger partial charge in [-0.05, 0) is 37.6 Å². The van der Waals surface area contributed by atoms with Crippen LogP contribution >= 0.6 is 27.3 Å². The summed E-state index contributed by atoms with van der Waals surface area (Å²) in [5, 5.41) is 6.87. The van der Waals surface area contributed by atoms with Crippen LogP contribution < -0.4 is 5.32 Å². The average Bonchev–Trinajstić information content (AvgIpc) is 2.78. The first-order valence-corrected chi connectivity index (χ1v) is 8.23. The Bertz CT molecular complexity index is 507. The average molecular weight is 339 g/mol. The minimum atomic E-state index is 0.452. The minimum Gasteiger partial charge on any atom is -0.314 e. The van der Waals surface area contributed by atoms with E-state index in [0.29, 0.717) is 6.04 Å². The first kappa shape index (κ1) is 14.7. The van der Waals surface area contributed by atoms with E-state index in [1.54, 1.807) is 11.3 Å². The number of hydrogen-bond donors (Lipinski definition) is 1. The highest BCUT2D eigenvalue weighted by Crippen LogP contribution is 2.15. The third-order valence-electron chi connectivity index (χ3n) is 3.01. The molecule has 2 rings (SSSR count). The molecule has 4 heteroatoms. The Balaban J connectivity index is 2.01. The molecule has 0 aliphatic rings. The molecule has 0 aliphatic heterocycles. The van der Waals surface area contributed by atoms with Crippen LogP contribution in [-0.4, -0.2) is 17.6 Å². The Morgan fingerprint density at radius 3 is 2.58 bits per heavy atom. The van der Waals surface area contributed by atoms with Crippen LogP contribution in [0.25, 0.3) is 0 Å². The molecule has 0 radical (unpaired) electrons.